The van der Waals surface area contributed by atoms with Crippen molar-refractivity contribution < 1.29 is 0 Å². The van der Waals surface area contributed by atoms with E-state index in [0.717, 1.165) is 41.4 Å². The van der Waals surface area contributed by atoms with Crippen LogP contribution in [0.15, 0.2) is 42.7 Å². The van der Waals surface area contributed by atoms with Crippen molar-refractivity contribution in [2.45, 2.75) is 26.3 Å². The van der Waals surface area contributed by atoms with Crippen LogP contribution in [0.5, 0.6) is 0 Å². The SMILES string of the molecule is CCCc1c(Cn2ccnc2-c2cccc(Cl)n2)nc2ccc(Cl)nn12. The molecule has 0 aliphatic carbocycles. The van der Waals surface area contributed by atoms with Crippen molar-refractivity contribution in [3.05, 3.63) is 64.4 Å². The van der Waals surface area contributed by atoms with Crippen LogP contribution in [0.25, 0.3) is 17.2 Å². The molecule has 0 unspecified atom stereocenters. The van der Waals surface area contributed by atoms with Crippen LogP contribution in [-0.4, -0.2) is 29.1 Å². The van der Waals surface area contributed by atoms with Crippen LogP contribution in [0, 0.1) is 0 Å². The summed E-state index contributed by atoms with van der Waals surface area (Å²) in [6.45, 7) is 2.70. The van der Waals surface area contributed by atoms with Gasteiger partial charge in [0, 0.05) is 12.4 Å². The van der Waals surface area contributed by atoms with Crippen molar-refractivity contribution in [1.82, 2.24) is 29.1 Å². The first kappa shape index (κ1) is 17.0. The van der Waals surface area contributed by atoms with Gasteiger partial charge >= 0.3 is 0 Å². The van der Waals surface area contributed by atoms with Gasteiger partial charge in [0.15, 0.2) is 11.5 Å². The first-order chi connectivity index (χ1) is 12.7. The Kier molecular flexibility index (Phi) is 4.61. The number of aromatic nitrogens is 6. The normalized spacial score (nSPS) is 11.3. The Hall–Kier alpha value is -2.44. The summed E-state index contributed by atoms with van der Waals surface area (Å²) in [5, 5.41) is 5.29. The van der Waals surface area contributed by atoms with Crippen molar-refractivity contribution in [2.24, 2.45) is 0 Å². The summed E-state index contributed by atoms with van der Waals surface area (Å²) >= 11 is 12.1. The van der Waals surface area contributed by atoms with Gasteiger partial charge in [-0.15, -0.1) is 0 Å². The summed E-state index contributed by atoms with van der Waals surface area (Å²) in [6.07, 6.45) is 5.52. The molecule has 0 radical (unpaired) electrons. The summed E-state index contributed by atoms with van der Waals surface area (Å²) in [5.41, 5.74) is 3.52. The maximum atomic E-state index is 6.07. The Balaban J connectivity index is 1.77. The molecule has 0 saturated heterocycles. The fourth-order valence-corrected chi connectivity index (χ4v) is 3.28. The lowest BCUT2D eigenvalue weighted by atomic mass is 10.2. The Morgan fingerprint density at radius 1 is 1.04 bits per heavy atom. The summed E-state index contributed by atoms with van der Waals surface area (Å²) < 4.78 is 3.84. The van der Waals surface area contributed by atoms with Crippen LogP contribution in [-0.2, 0) is 13.0 Å². The molecule has 4 aromatic heterocycles. The quantitative estimate of drug-likeness (QED) is 0.479. The van der Waals surface area contributed by atoms with Crippen molar-refractivity contribution in [1.29, 1.82) is 0 Å². The van der Waals surface area contributed by atoms with E-state index < -0.39 is 0 Å². The highest BCUT2D eigenvalue weighted by Gasteiger charge is 2.16. The molecule has 0 aliphatic rings. The highest BCUT2D eigenvalue weighted by molar-refractivity contribution is 6.29. The van der Waals surface area contributed by atoms with Crippen molar-refractivity contribution in [3.63, 3.8) is 0 Å². The van der Waals surface area contributed by atoms with Gasteiger partial charge in [-0.05, 0) is 30.7 Å². The second-order valence-electron chi connectivity index (χ2n) is 5.91. The van der Waals surface area contributed by atoms with Gasteiger partial charge < -0.3 is 4.57 Å². The van der Waals surface area contributed by atoms with Crippen molar-refractivity contribution in [2.75, 3.05) is 0 Å². The van der Waals surface area contributed by atoms with E-state index >= 15 is 0 Å². The van der Waals surface area contributed by atoms with Gasteiger partial charge in [-0.3, -0.25) is 0 Å². The van der Waals surface area contributed by atoms with Gasteiger partial charge in [0.25, 0.3) is 0 Å². The minimum absolute atomic E-state index is 0.440. The van der Waals surface area contributed by atoms with Gasteiger partial charge in [-0.2, -0.15) is 5.10 Å². The van der Waals surface area contributed by atoms with Gasteiger partial charge in [0.1, 0.15) is 16.0 Å². The predicted octanol–water partition coefficient (Wildman–Crippen LogP) is 4.30. The molecular formula is C18H16Cl2N6. The number of hydrogen-bond donors (Lipinski definition) is 0. The molecule has 0 N–H and O–H groups in total. The van der Waals surface area contributed by atoms with Crippen LogP contribution in [0.2, 0.25) is 10.3 Å². The molecule has 6 nitrogen and oxygen atoms in total. The van der Waals surface area contributed by atoms with E-state index in [1.54, 1.807) is 18.3 Å². The minimum Gasteiger partial charge on any atom is -0.324 e. The molecule has 0 atom stereocenters. The van der Waals surface area contributed by atoms with Crippen LogP contribution in [0.1, 0.15) is 24.7 Å². The second-order valence-corrected chi connectivity index (χ2v) is 6.68. The number of pyridine rings is 1. The summed E-state index contributed by atoms with van der Waals surface area (Å²) in [6, 6.07) is 9.13. The molecule has 0 amide bonds. The minimum atomic E-state index is 0.440. The third-order valence-corrected chi connectivity index (χ3v) is 4.50. The van der Waals surface area contributed by atoms with Crippen LogP contribution in [0.3, 0.4) is 0 Å². The smallest absolute Gasteiger partial charge is 0.159 e. The fourth-order valence-electron chi connectivity index (χ4n) is 2.98. The molecule has 4 aromatic rings. The molecule has 26 heavy (non-hydrogen) atoms. The maximum absolute atomic E-state index is 6.07. The van der Waals surface area contributed by atoms with E-state index in [1.165, 1.54) is 0 Å². The summed E-state index contributed by atoms with van der Waals surface area (Å²) in [5.74, 6) is 0.748. The molecule has 132 valence electrons. The highest BCUT2D eigenvalue weighted by Crippen LogP contribution is 2.21. The molecular weight excluding hydrogens is 371 g/mol. The molecule has 0 saturated carbocycles. The zero-order valence-electron chi connectivity index (χ0n) is 14.1. The van der Waals surface area contributed by atoms with Gasteiger partial charge in [-0.25, -0.2) is 19.5 Å². The van der Waals surface area contributed by atoms with Crippen LogP contribution >= 0.6 is 23.2 Å². The predicted molar refractivity (Wildman–Crippen MR) is 102 cm³/mol. The monoisotopic (exact) mass is 386 g/mol. The number of imidazole rings is 2. The number of halogens is 2. The highest BCUT2D eigenvalue weighted by atomic mass is 35.5. The number of fused-ring (bicyclic) bond motifs is 1. The molecule has 0 spiro atoms. The fraction of sp³-hybridized carbons (Fsp3) is 0.222. The first-order valence-corrected chi connectivity index (χ1v) is 9.08. The molecule has 0 aliphatic heterocycles. The number of nitrogens with zero attached hydrogens (tertiary/aromatic N) is 6. The Morgan fingerprint density at radius 2 is 1.92 bits per heavy atom. The zero-order chi connectivity index (χ0) is 18.1. The molecule has 4 rings (SSSR count). The Morgan fingerprint density at radius 3 is 2.73 bits per heavy atom. The molecule has 0 bridgehead atoms. The zero-order valence-corrected chi connectivity index (χ0v) is 15.6. The topological polar surface area (TPSA) is 60.9 Å². The second kappa shape index (κ2) is 7.05. The maximum Gasteiger partial charge on any atom is 0.159 e. The van der Waals surface area contributed by atoms with Crippen LogP contribution < -0.4 is 0 Å². The van der Waals surface area contributed by atoms with Gasteiger partial charge in [-0.1, -0.05) is 42.6 Å². The van der Waals surface area contributed by atoms with Crippen LogP contribution in [0.4, 0.5) is 0 Å². The van der Waals surface area contributed by atoms with E-state index in [0.29, 0.717) is 16.9 Å². The summed E-state index contributed by atoms with van der Waals surface area (Å²) in [4.78, 5) is 13.5. The molecule has 4 heterocycles. The van der Waals surface area contributed by atoms with Gasteiger partial charge in [0.2, 0.25) is 0 Å². The lowest BCUT2D eigenvalue weighted by Gasteiger charge is -2.08. The van der Waals surface area contributed by atoms with E-state index in [1.807, 2.05) is 33.5 Å². The largest absolute Gasteiger partial charge is 0.324 e. The lowest BCUT2D eigenvalue weighted by Crippen LogP contribution is -2.06. The van der Waals surface area contributed by atoms with E-state index in [2.05, 4.69) is 22.0 Å². The lowest BCUT2D eigenvalue weighted by molar-refractivity contribution is 0.742. The van der Waals surface area contributed by atoms with Gasteiger partial charge in [0.05, 0.1) is 17.9 Å². The third kappa shape index (κ3) is 3.18. The van der Waals surface area contributed by atoms with E-state index in [9.17, 15) is 0 Å². The van der Waals surface area contributed by atoms with Crippen molar-refractivity contribution in [3.8, 4) is 11.5 Å². The van der Waals surface area contributed by atoms with E-state index in [4.69, 9.17) is 28.2 Å². The summed E-state index contributed by atoms with van der Waals surface area (Å²) in [7, 11) is 0. The molecule has 0 fully saturated rings. The van der Waals surface area contributed by atoms with E-state index in [-0.39, 0.29) is 0 Å². The third-order valence-electron chi connectivity index (χ3n) is 4.09. The first-order valence-electron chi connectivity index (χ1n) is 8.33. The number of aryl methyl sites for hydroxylation is 1. The van der Waals surface area contributed by atoms with Crippen molar-refractivity contribution >= 4 is 28.8 Å². The standard InChI is InChI=1S/C18H16Cl2N6/c1-2-4-14-13(23-17-8-7-16(20)24-26(14)17)11-25-10-9-21-18(25)12-5-3-6-15(19)22-12/h3,5-10H,2,4,11H2,1H3. The Labute approximate surface area is 160 Å². The average molecular weight is 387 g/mol. The molecule has 0 aromatic carbocycles. The Bertz CT molecular complexity index is 1070. The number of hydrogen-bond acceptors (Lipinski definition) is 4. The average Bonchev–Trinajstić information content (AvgIpc) is 3.21. The number of rotatable bonds is 5. The molecule has 8 heteroatoms.